The maximum atomic E-state index is 12.3. The number of hydrogen-bond donors (Lipinski definition) is 0. The Hall–Kier alpha value is -1.68. The van der Waals surface area contributed by atoms with E-state index < -0.39 is 0 Å². The normalized spacial score (nSPS) is 15.6. The molecule has 2 amide bonds. The van der Waals surface area contributed by atoms with Crippen molar-refractivity contribution in [3.05, 3.63) is 35.4 Å². The zero-order valence-electron chi connectivity index (χ0n) is 13.3. The molecule has 0 N–H and O–H groups in total. The first kappa shape index (κ1) is 15.7. The van der Waals surface area contributed by atoms with Gasteiger partial charge in [0.25, 0.3) is 5.91 Å². The van der Waals surface area contributed by atoms with Gasteiger partial charge in [0.2, 0.25) is 5.91 Å². The van der Waals surface area contributed by atoms with Crippen LogP contribution in [0.5, 0.6) is 0 Å². The molecule has 1 aliphatic heterocycles. The molecular formula is C17H25N2O2+. The SMILES string of the molecule is CC[N+](C)(CC)Cc1ccc(C(=O)N2CCCC2=O)cc1. The van der Waals surface area contributed by atoms with E-state index in [4.69, 9.17) is 0 Å². The standard InChI is InChI=1S/C17H25N2O2/c1-4-19(3,5-2)13-14-8-10-15(11-9-14)17(21)18-12-6-7-16(18)20/h8-11H,4-7,12-13H2,1-3H3/q+1. The monoisotopic (exact) mass is 289 g/mol. The first-order valence-electron chi connectivity index (χ1n) is 7.76. The quantitative estimate of drug-likeness (QED) is 0.617. The van der Waals surface area contributed by atoms with Crippen LogP contribution < -0.4 is 0 Å². The van der Waals surface area contributed by atoms with Gasteiger partial charge in [0.1, 0.15) is 6.54 Å². The van der Waals surface area contributed by atoms with Crippen LogP contribution in [0.2, 0.25) is 0 Å². The van der Waals surface area contributed by atoms with Crippen molar-refractivity contribution in [2.24, 2.45) is 0 Å². The third-order valence-electron chi connectivity index (χ3n) is 4.61. The number of hydrogen-bond acceptors (Lipinski definition) is 2. The van der Waals surface area contributed by atoms with Crippen LogP contribution in [0.15, 0.2) is 24.3 Å². The lowest BCUT2D eigenvalue weighted by molar-refractivity contribution is -0.919. The van der Waals surface area contributed by atoms with Crippen LogP contribution >= 0.6 is 0 Å². The van der Waals surface area contributed by atoms with E-state index in [9.17, 15) is 9.59 Å². The average Bonchev–Trinajstić information content (AvgIpc) is 2.93. The molecule has 0 radical (unpaired) electrons. The lowest BCUT2D eigenvalue weighted by Gasteiger charge is -2.32. The molecule has 0 spiro atoms. The van der Waals surface area contributed by atoms with Crippen LogP contribution in [0.1, 0.15) is 42.6 Å². The first-order valence-corrected chi connectivity index (χ1v) is 7.76. The van der Waals surface area contributed by atoms with E-state index in [1.54, 1.807) is 0 Å². The van der Waals surface area contributed by atoms with Gasteiger partial charge in [0, 0.05) is 24.1 Å². The van der Waals surface area contributed by atoms with Crippen molar-refractivity contribution >= 4 is 11.8 Å². The number of benzene rings is 1. The van der Waals surface area contributed by atoms with Crippen molar-refractivity contribution in [2.75, 3.05) is 26.7 Å². The fraction of sp³-hybridized carbons (Fsp3) is 0.529. The molecule has 0 atom stereocenters. The molecule has 0 aromatic heterocycles. The molecule has 1 aromatic rings. The summed E-state index contributed by atoms with van der Waals surface area (Å²) in [5, 5.41) is 0. The molecular weight excluding hydrogens is 264 g/mol. The summed E-state index contributed by atoms with van der Waals surface area (Å²) in [6, 6.07) is 7.71. The van der Waals surface area contributed by atoms with E-state index in [0.29, 0.717) is 18.5 Å². The third-order valence-corrected chi connectivity index (χ3v) is 4.61. The molecule has 1 aliphatic rings. The smallest absolute Gasteiger partial charge is 0.260 e. The zero-order chi connectivity index (χ0) is 15.5. The van der Waals surface area contributed by atoms with Crippen molar-refractivity contribution in [1.29, 1.82) is 0 Å². The molecule has 2 rings (SSSR count). The van der Waals surface area contributed by atoms with Crippen LogP contribution in [0, 0.1) is 0 Å². The molecule has 21 heavy (non-hydrogen) atoms. The van der Waals surface area contributed by atoms with Crippen LogP contribution in [-0.2, 0) is 11.3 Å². The van der Waals surface area contributed by atoms with Gasteiger partial charge < -0.3 is 4.48 Å². The number of quaternary nitrogens is 1. The summed E-state index contributed by atoms with van der Waals surface area (Å²) < 4.78 is 0.984. The molecule has 0 aliphatic carbocycles. The second-order valence-electron chi connectivity index (χ2n) is 6.06. The summed E-state index contributed by atoms with van der Waals surface area (Å²) in [4.78, 5) is 25.3. The maximum Gasteiger partial charge on any atom is 0.260 e. The minimum absolute atomic E-state index is 0.0507. The third kappa shape index (κ3) is 3.50. The fourth-order valence-electron chi connectivity index (χ4n) is 2.66. The Morgan fingerprint density at radius 3 is 2.29 bits per heavy atom. The highest BCUT2D eigenvalue weighted by atomic mass is 16.2. The average molecular weight is 289 g/mol. The van der Waals surface area contributed by atoms with Crippen molar-refractivity contribution in [3.8, 4) is 0 Å². The van der Waals surface area contributed by atoms with E-state index >= 15 is 0 Å². The molecule has 1 saturated heterocycles. The Bertz CT molecular complexity index is 518. The van der Waals surface area contributed by atoms with Crippen molar-refractivity contribution in [3.63, 3.8) is 0 Å². The molecule has 0 bridgehead atoms. The minimum atomic E-state index is -0.160. The van der Waals surface area contributed by atoms with Crippen molar-refractivity contribution < 1.29 is 14.1 Å². The Morgan fingerprint density at radius 2 is 1.81 bits per heavy atom. The first-order chi connectivity index (χ1) is 9.99. The highest BCUT2D eigenvalue weighted by Crippen LogP contribution is 2.17. The molecule has 114 valence electrons. The van der Waals surface area contributed by atoms with Crippen LogP contribution in [0.4, 0.5) is 0 Å². The second-order valence-corrected chi connectivity index (χ2v) is 6.06. The van der Waals surface area contributed by atoms with E-state index in [0.717, 1.165) is 30.5 Å². The van der Waals surface area contributed by atoms with Gasteiger partial charge in [-0.05, 0) is 32.4 Å². The van der Waals surface area contributed by atoms with Crippen molar-refractivity contribution in [2.45, 2.75) is 33.2 Å². The minimum Gasteiger partial charge on any atom is -0.323 e. The maximum absolute atomic E-state index is 12.3. The lowest BCUT2D eigenvalue weighted by atomic mass is 10.1. The van der Waals surface area contributed by atoms with Crippen molar-refractivity contribution in [1.82, 2.24) is 4.90 Å². The molecule has 1 aromatic carbocycles. The number of carbonyl (C=O) groups is 2. The second kappa shape index (κ2) is 6.39. The molecule has 4 nitrogen and oxygen atoms in total. The van der Waals surface area contributed by atoms with E-state index in [-0.39, 0.29) is 11.8 Å². The number of imide groups is 1. The van der Waals surface area contributed by atoms with Gasteiger partial charge in [0.05, 0.1) is 20.1 Å². The molecule has 1 heterocycles. The number of likely N-dealkylation sites (tertiary alicyclic amines) is 1. The molecule has 0 saturated carbocycles. The Morgan fingerprint density at radius 1 is 1.19 bits per heavy atom. The van der Waals surface area contributed by atoms with Crippen LogP contribution in [0.25, 0.3) is 0 Å². The van der Waals surface area contributed by atoms with Gasteiger partial charge in [-0.25, -0.2) is 0 Å². The van der Waals surface area contributed by atoms with Gasteiger partial charge >= 0.3 is 0 Å². The number of nitrogens with zero attached hydrogens (tertiary/aromatic N) is 2. The highest BCUT2D eigenvalue weighted by molar-refractivity contribution is 6.05. The Labute approximate surface area is 126 Å². The molecule has 4 heteroatoms. The summed E-state index contributed by atoms with van der Waals surface area (Å²) in [6.07, 6.45) is 1.28. The van der Waals surface area contributed by atoms with Gasteiger partial charge in [-0.2, -0.15) is 0 Å². The summed E-state index contributed by atoms with van der Waals surface area (Å²) in [7, 11) is 2.24. The van der Waals surface area contributed by atoms with E-state index in [1.165, 1.54) is 10.5 Å². The Kier molecular flexibility index (Phi) is 4.78. The van der Waals surface area contributed by atoms with Gasteiger partial charge in [-0.15, -0.1) is 0 Å². The Balaban J connectivity index is 2.08. The predicted octanol–water partition coefficient (Wildman–Crippen LogP) is 2.44. The number of amides is 2. The summed E-state index contributed by atoms with van der Waals surface area (Å²) in [5.41, 5.74) is 1.83. The van der Waals surface area contributed by atoms with Crippen LogP contribution in [0.3, 0.4) is 0 Å². The summed E-state index contributed by atoms with van der Waals surface area (Å²) in [5.74, 6) is -0.211. The number of carbonyl (C=O) groups excluding carboxylic acids is 2. The molecule has 0 unspecified atom stereocenters. The van der Waals surface area contributed by atoms with Crippen LogP contribution in [-0.4, -0.2) is 47.9 Å². The predicted molar refractivity (Wildman–Crippen MR) is 82.7 cm³/mol. The summed E-state index contributed by atoms with van der Waals surface area (Å²) >= 11 is 0. The van der Waals surface area contributed by atoms with Gasteiger partial charge in [-0.1, -0.05) is 12.1 Å². The van der Waals surface area contributed by atoms with E-state index in [2.05, 4.69) is 20.9 Å². The van der Waals surface area contributed by atoms with Gasteiger partial charge in [0.15, 0.2) is 0 Å². The zero-order valence-corrected chi connectivity index (χ0v) is 13.3. The largest absolute Gasteiger partial charge is 0.323 e. The fourth-order valence-corrected chi connectivity index (χ4v) is 2.66. The summed E-state index contributed by atoms with van der Waals surface area (Å²) in [6.45, 7) is 8.07. The van der Waals surface area contributed by atoms with E-state index in [1.807, 2.05) is 24.3 Å². The lowest BCUT2D eigenvalue weighted by Crippen LogP contribution is -2.42. The molecule has 1 fully saturated rings. The van der Waals surface area contributed by atoms with Gasteiger partial charge in [-0.3, -0.25) is 14.5 Å². The highest BCUT2D eigenvalue weighted by Gasteiger charge is 2.27. The topological polar surface area (TPSA) is 37.4 Å². The number of rotatable bonds is 5.